The van der Waals surface area contributed by atoms with Crippen LogP contribution in [0.1, 0.15) is 5.82 Å². The van der Waals surface area contributed by atoms with Crippen molar-refractivity contribution in [2.75, 3.05) is 6.54 Å². The van der Waals surface area contributed by atoms with Crippen LogP contribution in [0.15, 0.2) is 28.7 Å². The van der Waals surface area contributed by atoms with E-state index < -0.39 is 0 Å². The van der Waals surface area contributed by atoms with E-state index in [1.165, 1.54) is 0 Å². The Bertz CT molecular complexity index is 520. The van der Waals surface area contributed by atoms with Crippen LogP contribution in [0.3, 0.4) is 0 Å². The summed E-state index contributed by atoms with van der Waals surface area (Å²) in [6.07, 6.45) is 0. The summed E-state index contributed by atoms with van der Waals surface area (Å²) in [6, 6.07) is 8.16. The molecule has 82 valence electrons. The van der Waals surface area contributed by atoms with Crippen LogP contribution in [0, 0.1) is 0 Å². The van der Waals surface area contributed by atoms with Gasteiger partial charge < -0.3 is 9.88 Å². The van der Waals surface area contributed by atoms with Gasteiger partial charge >= 0.3 is 0 Å². The Morgan fingerprint density at radius 3 is 3.12 bits per heavy atom. The fourth-order valence-corrected chi connectivity index (χ4v) is 2.33. The summed E-state index contributed by atoms with van der Waals surface area (Å²) in [5.41, 5.74) is 1.11. The molecule has 0 aliphatic carbocycles. The van der Waals surface area contributed by atoms with Crippen LogP contribution in [-0.4, -0.2) is 21.3 Å². The SMILES string of the molecule is Brc1cccc(-c2nnc3n2CCNC3)c1. The zero-order valence-corrected chi connectivity index (χ0v) is 10.2. The Morgan fingerprint density at radius 2 is 2.25 bits per heavy atom. The van der Waals surface area contributed by atoms with Crippen molar-refractivity contribution in [2.24, 2.45) is 0 Å². The molecule has 0 fully saturated rings. The van der Waals surface area contributed by atoms with E-state index in [-0.39, 0.29) is 0 Å². The van der Waals surface area contributed by atoms with Gasteiger partial charge in [0.1, 0.15) is 5.82 Å². The minimum absolute atomic E-state index is 0.807. The van der Waals surface area contributed by atoms with Crippen LogP contribution < -0.4 is 5.32 Å². The highest BCUT2D eigenvalue weighted by Gasteiger charge is 2.16. The van der Waals surface area contributed by atoms with Crippen molar-refractivity contribution < 1.29 is 0 Å². The summed E-state index contributed by atoms with van der Waals surface area (Å²) in [6.45, 7) is 2.72. The predicted octanol–water partition coefficient (Wildman–Crippen LogP) is 1.81. The molecule has 1 aliphatic rings. The maximum absolute atomic E-state index is 4.26. The van der Waals surface area contributed by atoms with E-state index in [1.807, 2.05) is 12.1 Å². The summed E-state index contributed by atoms with van der Waals surface area (Å²) in [7, 11) is 0. The lowest BCUT2D eigenvalue weighted by Crippen LogP contribution is -2.28. The largest absolute Gasteiger partial charge is 0.309 e. The van der Waals surface area contributed by atoms with Gasteiger partial charge in [-0.1, -0.05) is 28.1 Å². The number of fused-ring (bicyclic) bond motifs is 1. The molecule has 2 heterocycles. The third-order valence-corrected chi connectivity index (χ3v) is 3.20. The normalized spacial score (nSPS) is 14.8. The molecule has 1 N–H and O–H groups in total. The number of rotatable bonds is 1. The predicted molar refractivity (Wildman–Crippen MR) is 64.9 cm³/mol. The molecule has 0 amide bonds. The van der Waals surface area contributed by atoms with E-state index in [0.29, 0.717) is 0 Å². The van der Waals surface area contributed by atoms with Gasteiger partial charge in [-0.3, -0.25) is 0 Å². The fourth-order valence-electron chi connectivity index (χ4n) is 1.93. The summed E-state index contributed by atoms with van der Waals surface area (Å²) in [5, 5.41) is 11.7. The first-order valence-electron chi connectivity index (χ1n) is 5.23. The lowest BCUT2D eigenvalue weighted by molar-refractivity contribution is 0.508. The van der Waals surface area contributed by atoms with E-state index in [2.05, 4.69) is 48.1 Å². The second kappa shape index (κ2) is 3.99. The van der Waals surface area contributed by atoms with Gasteiger partial charge in [0, 0.05) is 23.1 Å². The molecular weight excluding hydrogens is 268 g/mol. The summed E-state index contributed by atoms with van der Waals surface area (Å²) in [5.74, 6) is 1.97. The number of hydrogen-bond donors (Lipinski definition) is 1. The molecule has 5 heteroatoms. The van der Waals surface area contributed by atoms with Crippen molar-refractivity contribution in [2.45, 2.75) is 13.1 Å². The number of halogens is 1. The van der Waals surface area contributed by atoms with Gasteiger partial charge in [0.15, 0.2) is 5.82 Å². The molecule has 0 saturated carbocycles. The van der Waals surface area contributed by atoms with Gasteiger partial charge in [-0.15, -0.1) is 10.2 Å². The third kappa shape index (κ3) is 1.66. The van der Waals surface area contributed by atoms with Gasteiger partial charge in [0.2, 0.25) is 0 Å². The van der Waals surface area contributed by atoms with E-state index in [9.17, 15) is 0 Å². The highest BCUT2D eigenvalue weighted by atomic mass is 79.9. The molecular formula is C11H11BrN4. The molecule has 16 heavy (non-hydrogen) atoms. The lowest BCUT2D eigenvalue weighted by Gasteiger charge is -2.15. The number of aromatic nitrogens is 3. The van der Waals surface area contributed by atoms with Crippen molar-refractivity contribution in [1.29, 1.82) is 0 Å². The van der Waals surface area contributed by atoms with Gasteiger partial charge in [-0.2, -0.15) is 0 Å². The summed E-state index contributed by atoms with van der Waals surface area (Å²) < 4.78 is 3.24. The van der Waals surface area contributed by atoms with Crippen molar-refractivity contribution >= 4 is 15.9 Å². The van der Waals surface area contributed by atoms with Crippen molar-refractivity contribution in [1.82, 2.24) is 20.1 Å². The van der Waals surface area contributed by atoms with Crippen LogP contribution in [-0.2, 0) is 13.1 Å². The van der Waals surface area contributed by atoms with Crippen LogP contribution in [0.25, 0.3) is 11.4 Å². The Hall–Kier alpha value is -1.20. The molecule has 1 aliphatic heterocycles. The minimum Gasteiger partial charge on any atom is -0.309 e. The lowest BCUT2D eigenvalue weighted by atomic mass is 10.2. The Balaban J connectivity index is 2.09. The molecule has 0 bridgehead atoms. The van der Waals surface area contributed by atoms with Crippen LogP contribution >= 0.6 is 15.9 Å². The number of benzene rings is 1. The smallest absolute Gasteiger partial charge is 0.164 e. The van der Waals surface area contributed by atoms with Crippen molar-refractivity contribution in [3.8, 4) is 11.4 Å². The van der Waals surface area contributed by atoms with Gasteiger partial charge in [-0.05, 0) is 12.1 Å². The zero-order chi connectivity index (χ0) is 11.0. The van der Waals surface area contributed by atoms with E-state index in [4.69, 9.17) is 0 Å². The highest BCUT2D eigenvalue weighted by Crippen LogP contribution is 2.22. The average molecular weight is 279 g/mol. The average Bonchev–Trinajstić information content (AvgIpc) is 2.72. The van der Waals surface area contributed by atoms with E-state index >= 15 is 0 Å². The first-order chi connectivity index (χ1) is 7.84. The first kappa shape index (κ1) is 9.99. The Labute approximate surface area is 102 Å². The van der Waals surface area contributed by atoms with Crippen LogP contribution in [0.5, 0.6) is 0 Å². The monoisotopic (exact) mass is 278 g/mol. The minimum atomic E-state index is 0.807. The van der Waals surface area contributed by atoms with Gasteiger partial charge in [0.25, 0.3) is 0 Å². The first-order valence-corrected chi connectivity index (χ1v) is 6.02. The van der Waals surface area contributed by atoms with Crippen molar-refractivity contribution in [3.63, 3.8) is 0 Å². The Morgan fingerprint density at radius 1 is 1.31 bits per heavy atom. The van der Waals surface area contributed by atoms with Gasteiger partial charge in [0.05, 0.1) is 6.54 Å². The highest BCUT2D eigenvalue weighted by molar-refractivity contribution is 9.10. The summed E-state index contributed by atoms with van der Waals surface area (Å²) in [4.78, 5) is 0. The molecule has 2 aromatic rings. The quantitative estimate of drug-likeness (QED) is 0.865. The Kier molecular flexibility index (Phi) is 2.49. The molecule has 0 atom stereocenters. The number of hydrogen-bond acceptors (Lipinski definition) is 3. The van der Waals surface area contributed by atoms with Crippen LogP contribution in [0.4, 0.5) is 0 Å². The maximum atomic E-state index is 4.26. The fraction of sp³-hybridized carbons (Fsp3) is 0.273. The standard InChI is InChI=1S/C11H11BrN4/c12-9-3-1-2-8(6-9)11-15-14-10-7-13-4-5-16(10)11/h1-3,6,13H,4-5,7H2. The molecule has 0 radical (unpaired) electrons. The molecule has 0 unspecified atom stereocenters. The van der Waals surface area contributed by atoms with Crippen molar-refractivity contribution in [3.05, 3.63) is 34.6 Å². The second-order valence-corrected chi connectivity index (χ2v) is 4.69. The maximum Gasteiger partial charge on any atom is 0.164 e. The van der Waals surface area contributed by atoms with Crippen LogP contribution in [0.2, 0.25) is 0 Å². The summed E-state index contributed by atoms with van der Waals surface area (Å²) >= 11 is 3.47. The molecule has 3 rings (SSSR count). The van der Waals surface area contributed by atoms with Gasteiger partial charge in [-0.25, -0.2) is 0 Å². The van der Waals surface area contributed by atoms with E-state index in [1.54, 1.807) is 0 Å². The molecule has 1 aromatic heterocycles. The molecule has 0 saturated heterocycles. The zero-order valence-electron chi connectivity index (χ0n) is 8.65. The molecule has 4 nitrogen and oxygen atoms in total. The second-order valence-electron chi connectivity index (χ2n) is 3.78. The molecule has 0 spiro atoms. The molecule has 1 aromatic carbocycles. The topological polar surface area (TPSA) is 42.7 Å². The van der Waals surface area contributed by atoms with E-state index in [0.717, 1.165) is 41.3 Å². The number of nitrogens with one attached hydrogen (secondary N) is 1. The number of nitrogens with zero attached hydrogens (tertiary/aromatic N) is 3. The third-order valence-electron chi connectivity index (χ3n) is 2.71.